The van der Waals surface area contributed by atoms with E-state index in [1.54, 1.807) is 6.92 Å². The lowest BCUT2D eigenvalue weighted by Crippen LogP contribution is -2.17. The van der Waals surface area contributed by atoms with E-state index in [4.69, 9.17) is 10.00 Å². The summed E-state index contributed by atoms with van der Waals surface area (Å²) in [7, 11) is 0. The number of esters is 1. The first-order valence-corrected chi connectivity index (χ1v) is 5.40. The molecule has 6 heteroatoms. The summed E-state index contributed by atoms with van der Waals surface area (Å²) in [5, 5.41) is 19.1. The normalized spacial score (nSPS) is 11.3. The molecule has 1 aromatic rings. The number of nitriles is 1. The van der Waals surface area contributed by atoms with Gasteiger partial charge in [-0.2, -0.15) is 5.26 Å². The maximum absolute atomic E-state index is 11.7. The van der Waals surface area contributed by atoms with E-state index in [2.05, 4.69) is 0 Å². The molecule has 0 spiro atoms. The minimum Gasteiger partial charge on any atom is -0.458 e. The van der Waals surface area contributed by atoms with Crippen LogP contribution >= 0.6 is 0 Å². The molecule has 0 saturated heterocycles. The number of hydrogen-bond donors (Lipinski definition) is 0. The number of nitro benzene ring substituents is 1. The van der Waals surface area contributed by atoms with Gasteiger partial charge in [-0.25, -0.2) is 4.79 Å². The minimum atomic E-state index is -0.652. The van der Waals surface area contributed by atoms with Crippen LogP contribution < -0.4 is 0 Å². The molecule has 0 N–H and O–H groups in total. The number of carbonyl (C=O) groups is 1. The van der Waals surface area contributed by atoms with E-state index in [1.807, 2.05) is 6.07 Å². The molecule has 0 fully saturated rings. The lowest BCUT2D eigenvalue weighted by Gasteiger charge is -2.12. The number of carbonyl (C=O) groups excluding carboxylic acids is 1. The summed E-state index contributed by atoms with van der Waals surface area (Å²) in [6.07, 6.45) is 0.146. The van der Waals surface area contributed by atoms with Gasteiger partial charge in [-0.1, -0.05) is 13.0 Å². The van der Waals surface area contributed by atoms with Crippen molar-refractivity contribution in [3.8, 4) is 6.07 Å². The van der Waals surface area contributed by atoms with Gasteiger partial charge < -0.3 is 4.74 Å². The average molecular weight is 248 g/mol. The quantitative estimate of drug-likeness (QED) is 0.453. The van der Waals surface area contributed by atoms with Gasteiger partial charge in [-0.15, -0.1) is 0 Å². The van der Waals surface area contributed by atoms with Gasteiger partial charge in [0.2, 0.25) is 0 Å². The monoisotopic (exact) mass is 248 g/mol. The summed E-state index contributed by atoms with van der Waals surface area (Å²) in [4.78, 5) is 21.7. The SMILES string of the molecule is CCC(CC#N)OC(=O)c1cccc([N+](=O)[O-])c1. The van der Waals surface area contributed by atoms with Gasteiger partial charge in [0.05, 0.1) is 23.0 Å². The Morgan fingerprint density at radius 1 is 1.61 bits per heavy atom. The lowest BCUT2D eigenvalue weighted by atomic mass is 10.2. The molecule has 1 rings (SSSR count). The molecule has 0 heterocycles. The molecule has 1 unspecified atom stereocenters. The van der Waals surface area contributed by atoms with E-state index >= 15 is 0 Å². The fourth-order valence-electron chi connectivity index (χ4n) is 1.34. The van der Waals surface area contributed by atoms with Crippen LogP contribution in [0.4, 0.5) is 5.69 Å². The smallest absolute Gasteiger partial charge is 0.338 e. The third-order valence-corrected chi connectivity index (χ3v) is 2.34. The third kappa shape index (κ3) is 3.56. The zero-order valence-electron chi connectivity index (χ0n) is 9.83. The van der Waals surface area contributed by atoms with Crippen molar-refractivity contribution < 1.29 is 14.5 Å². The van der Waals surface area contributed by atoms with Crippen molar-refractivity contribution >= 4 is 11.7 Å². The highest BCUT2D eigenvalue weighted by Gasteiger charge is 2.16. The van der Waals surface area contributed by atoms with Crippen molar-refractivity contribution in [2.75, 3.05) is 0 Å². The van der Waals surface area contributed by atoms with Gasteiger partial charge in [-0.3, -0.25) is 10.1 Å². The zero-order valence-corrected chi connectivity index (χ0v) is 9.83. The molecule has 0 amide bonds. The van der Waals surface area contributed by atoms with Crippen LogP contribution in [0, 0.1) is 21.4 Å². The molecular formula is C12H12N2O4. The van der Waals surface area contributed by atoms with Gasteiger partial charge in [0, 0.05) is 12.1 Å². The van der Waals surface area contributed by atoms with Crippen molar-refractivity contribution in [3.05, 3.63) is 39.9 Å². The summed E-state index contributed by atoms with van der Waals surface area (Å²) in [5.41, 5.74) is -0.0571. The van der Waals surface area contributed by atoms with Crippen LogP contribution in [0.3, 0.4) is 0 Å². The Balaban J connectivity index is 2.81. The number of hydrogen-bond acceptors (Lipinski definition) is 5. The van der Waals surface area contributed by atoms with Crippen LogP contribution in [-0.2, 0) is 4.74 Å². The predicted molar refractivity (Wildman–Crippen MR) is 62.8 cm³/mol. The Morgan fingerprint density at radius 3 is 2.89 bits per heavy atom. The second-order valence-corrected chi connectivity index (χ2v) is 3.61. The van der Waals surface area contributed by atoms with E-state index in [9.17, 15) is 14.9 Å². The van der Waals surface area contributed by atoms with Crippen LogP contribution in [0.1, 0.15) is 30.1 Å². The fraction of sp³-hybridized carbons (Fsp3) is 0.333. The molecule has 0 aliphatic heterocycles. The number of nitro groups is 1. The van der Waals surface area contributed by atoms with Crippen LogP contribution in [0.25, 0.3) is 0 Å². The molecule has 18 heavy (non-hydrogen) atoms. The van der Waals surface area contributed by atoms with Crippen LogP contribution in [0.5, 0.6) is 0 Å². The molecule has 1 atom stereocenters. The third-order valence-electron chi connectivity index (χ3n) is 2.34. The van der Waals surface area contributed by atoms with Gasteiger partial charge in [0.25, 0.3) is 5.69 Å². The van der Waals surface area contributed by atoms with E-state index < -0.39 is 17.0 Å². The molecule has 1 aromatic carbocycles. The van der Waals surface area contributed by atoms with Crippen molar-refractivity contribution in [2.45, 2.75) is 25.9 Å². The van der Waals surface area contributed by atoms with Crippen molar-refractivity contribution in [1.29, 1.82) is 5.26 Å². The zero-order chi connectivity index (χ0) is 13.5. The summed E-state index contributed by atoms with van der Waals surface area (Å²) in [6.45, 7) is 1.79. The number of rotatable bonds is 5. The van der Waals surface area contributed by atoms with Gasteiger partial charge >= 0.3 is 5.97 Å². The van der Waals surface area contributed by atoms with E-state index in [1.165, 1.54) is 18.2 Å². The Morgan fingerprint density at radius 2 is 2.33 bits per heavy atom. The number of benzene rings is 1. The van der Waals surface area contributed by atoms with Crippen molar-refractivity contribution in [1.82, 2.24) is 0 Å². The van der Waals surface area contributed by atoms with Gasteiger partial charge in [-0.05, 0) is 12.5 Å². The number of ether oxygens (including phenoxy) is 1. The minimum absolute atomic E-state index is 0.108. The topological polar surface area (TPSA) is 93.2 Å². The van der Waals surface area contributed by atoms with Crippen LogP contribution in [0.15, 0.2) is 24.3 Å². The van der Waals surface area contributed by atoms with E-state index in [0.29, 0.717) is 6.42 Å². The Kier molecular flexibility index (Phi) is 4.81. The molecule has 94 valence electrons. The van der Waals surface area contributed by atoms with Gasteiger partial charge in [0.1, 0.15) is 6.10 Å². The van der Waals surface area contributed by atoms with E-state index in [0.717, 1.165) is 6.07 Å². The Labute approximate surface area is 104 Å². The first-order chi connectivity index (χ1) is 8.58. The second kappa shape index (κ2) is 6.35. The van der Waals surface area contributed by atoms with Crippen LogP contribution in [-0.4, -0.2) is 17.0 Å². The first kappa shape index (κ1) is 13.6. The first-order valence-electron chi connectivity index (χ1n) is 5.40. The molecular weight excluding hydrogens is 236 g/mol. The summed E-state index contributed by atoms with van der Waals surface area (Å²) in [5.74, 6) is -0.652. The molecule has 6 nitrogen and oxygen atoms in total. The largest absolute Gasteiger partial charge is 0.458 e. The molecule has 0 aliphatic carbocycles. The highest BCUT2D eigenvalue weighted by molar-refractivity contribution is 5.90. The molecule has 0 bridgehead atoms. The number of nitrogens with zero attached hydrogens (tertiary/aromatic N) is 2. The molecule has 0 saturated carbocycles. The molecule has 0 aliphatic rings. The highest BCUT2D eigenvalue weighted by atomic mass is 16.6. The highest BCUT2D eigenvalue weighted by Crippen LogP contribution is 2.15. The number of non-ortho nitro benzene ring substituents is 1. The maximum atomic E-state index is 11.7. The van der Waals surface area contributed by atoms with Crippen molar-refractivity contribution in [3.63, 3.8) is 0 Å². The Bertz CT molecular complexity index is 493. The molecule has 0 aromatic heterocycles. The Hall–Kier alpha value is -2.42. The second-order valence-electron chi connectivity index (χ2n) is 3.61. The maximum Gasteiger partial charge on any atom is 0.338 e. The molecule has 0 radical (unpaired) electrons. The summed E-state index contributed by atoms with van der Waals surface area (Å²) in [6, 6.07) is 7.22. The standard InChI is InChI=1S/C12H12N2O4/c1-2-11(6-7-13)18-12(15)9-4-3-5-10(8-9)14(16)17/h3-5,8,11H,2,6H2,1H3. The predicted octanol–water partition coefficient (Wildman–Crippen LogP) is 2.44. The lowest BCUT2D eigenvalue weighted by molar-refractivity contribution is -0.384. The fourth-order valence-corrected chi connectivity index (χ4v) is 1.34. The van der Waals surface area contributed by atoms with Crippen molar-refractivity contribution in [2.24, 2.45) is 0 Å². The van der Waals surface area contributed by atoms with E-state index in [-0.39, 0.29) is 17.7 Å². The van der Waals surface area contributed by atoms with Gasteiger partial charge in [0.15, 0.2) is 0 Å². The summed E-state index contributed by atoms with van der Waals surface area (Å²) >= 11 is 0. The average Bonchev–Trinajstić information content (AvgIpc) is 2.38. The summed E-state index contributed by atoms with van der Waals surface area (Å²) < 4.78 is 5.08. The van der Waals surface area contributed by atoms with Crippen LogP contribution in [0.2, 0.25) is 0 Å².